The Bertz CT molecular complexity index is 970. The number of fused-ring (bicyclic) bond motifs is 2. The molecule has 0 radical (unpaired) electrons. The number of rotatable bonds is 5. The molecule has 2 aliphatic rings. The first-order chi connectivity index (χ1) is 15.3. The van der Waals surface area contributed by atoms with Crippen LogP contribution in [0.25, 0.3) is 0 Å². The Hall–Kier alpha value is -3.10. The quantitative estimate of drug-likeness (QED) is 0.701. The molecule has 1 aromatic carbocycles. The van der Waals surface area contributed by atoms with Crippen LogP contribution in [-0.2, 0) is 24.5 Å². The van der Waals surface area contributed by atoms with Crippen LogP contribution in [0.1, 0.15) is 53.0 Å². The van der Waals surface area contributed by atoms with E-state index in [0.717, 1.165) is 5.56 Å². The van der Waals surface area contributed by atoms with Crippen LogP contribution < -0.4 is 11.1 Å². The summed E-state index contributed by atoms with van der Waals surface area (Å²) in [6.45, 7) is 9.16. The normalized spacial score (nSPS) is 22.8. The number of para-hydroxylation sites is 1. The first-order valence-electron chi connectivity index (χ1n) is 11.2. The molecule has 0 bridgehead atoms. The summed E-state index contributed by atoms with van der Waals surface area (Å²) in [4.78, 5) is 54.7. The van der Waals surface area contributed by atoms with E-state index >= 15 is 0 Å². The smallest absolute Gasteiger partial charge is 0.410 e. The molecule has 1 spiro atoms. The molecule has 3 rings (SSSR count). The largest absolute Gasteiger partial charge is 0.444 e. The number of nitrogens with zero attached hydrogens (tertiary/aromatic N) is 2. The highest BCUT2D eigenvalue weighted by Gasteiger charge is 2.57. The SMILES string of the molecule is CC(C)C[C@@H](C(=O)N1C[C@]2(C[C@H]1C(N)=O)C(=O)Nc1ccccc12)N(C)C(=O)OC(C)(C)C. The molecule has 0 aromatic heterocycles. The highest BCUT2D eigenvalue weighted by Crippen LogP contribution is 2.46. The first kappa shape index (κ1) is 24.5. The zero-order valence-electron chi connectivity index (χ0n) is 20.2. The van der Waals surface area contributed by atoms with Crippen LogP contribution in [0.2, 0.25) is 0 Å². The minimum atomic E-state index is -1.06. The van der Waals surface area contributed by atoms with Gasteiger partial charge in [-0.25, -0.2) is 4.79 Å². The Morgan fingerprint density at radius 3 is 2.48 bits per heavy atom. The van der Waals surface area contributed by atoms with Crippen molar-refractivity contribution in [3.63, 3.8) is 0 Å². The third kappa shape index (κ3) is 4.67. The zero-order valence-corrected chi connectivity index (χ0v) is 20.2. The Labute approximate surface area is 194 Å². The Balaban J connectivity index is 1.96. The molecule has 0 saturated carbocycles. The average Bonchev–Trinajstić information content (AvgIpc) is 3.23. The second kappa shape index (κ2) is 8.68. The van der Waals surface area contributed by atoms with Crippen molar-refractivity contribution in [1.82, 2.24) is 9.80 Å². The predicted octanol–water partition coefficient (Wildman–Crippen LogP) is 2.24. The molecule has 1 aromatic rings. The van der Waals surface area contributed by atoms with Crippen molar-refractivity contribution >= 4 is 29.5 Å². The molecular formula is C24H34N4O5. The van der Waals surface area contributed by atoms with Gasteiger partial charge in [-0.15, -0.1) is 0 Å². The number of anilines is 1. The van der Waals surface area contributed by atoms with E-state index in [2.05, 4.69) is 5.32 Å². The van der Waals surface area contributed by atoms with Crippen LogP contribution in [0.15, 0.2) is 24.3 Å². The average molecular weight is 459 g/mol. The Morgan fingerprint density at radius 2 is 1.91 bits per heavy atom. The van der Waals surface area contributed by atoms with Gasteiger partial charge in [0.1, 0.15) is 17.7 Å². The van der Waals surface area contributed by atoms with Gasteiger partial charge in [0, 0.05) is 19.3 Å². The van der Waals surface area contributed by atoms with E-state index < -0.39 is 41.0 Å². The van der Waals surface area contributed by atoms with Crippen molar-refractivity contribution < 1.29 is 23.9 Å². The zero-order chi connectivity index (χ0) is 24.7. The maximum atomic E-state index is 13.8. The van der Waals surface area contributed by atoms with Gasteiger partial charge in [-0.05, 0) is 51.2 Å². The van der Waals surface area contributed by atoms with Gasteiger partial charge in [-0.2, -0.15) is 0 Å². The van der Waals surface area contributed by atoms with Crippen LogP contribution in [0.5, 0.6) is 0 Å². The summed E-state index contributed by atoms with van der Waals surface area (Å²) in [6.07, 6.45) is -0.164. The Kier molecular flexibility index (Phi) is 6.46. The van der Waals surface area contributed by atoms with Gasteiger partial charge < -0.3 is 20.7 Å². The number of primary amides is 1. The van der Waals surface area contributed by atoms with Gasteiger partial charge in [-0.3, -0.25) is 19.3 Å². The summed E-state index contributed by atoms with van der Waals surface area (Å²) in [5.41, 5.74) is 5.33. The number of hydrogen-bond acceptors (Lipinski definition) is 5. The fraction of sp³-hybridized carbons (Fsp3) is 0.583. The molecule has 1 fully saturated rings. The molecule has 180 valence electrons. The van der Waals surface area contributed by atoms with Crippen molar-refractivity contribution in [3.05, 3.63) is 29.8 Å². The van der Waals surface area contributed by atoms with E-state index in [9.17, 15) is 19.2 Å². The van der Waals surface area contributed by atoms with Crippen LogP contribution in [0.3, 0.4) is 0 Å². The second-order valence-electron chi connectivity index (χ2n) is 10.4. The third-order valence-corrected chi connectivity index (χ3v) is 6.22. The molecule has 0 unspecified atom stereocenters. The van der Waals surface area contributed by atoms with Gasteiger partial charge in [0.2, 0.25) is 17.7 Å². The third-order valence-electron chi connectivity index (χ3n) is 6.22. The monoisotopic (exact) mass is 458 g/mol. The van der Waals surface area contributed by atoms with Crippen LogP contribution in [-0.4, -0.2) is 64.9 Å². The van der Waals surface area contributed by atoms with E-state index in [4.69, 9.17) is 10.5 Å². The number of carbonyl (C=O) groups excluding carboxylic acids is 4. The molecule has 9 nitrogen and oxygen atoms in total. The molecule has 2 heterocycles. The topological polar surface area (TPSA) is 122 Å². The summed E-state index contributed by atoms with van der Waals surface area (Å²) in [6, 6.07) is 5.44. The minimum Gasteiger partial charge on any atom is -0.444 e. The summed E-state index contributed by atoms with van der Waals surface area (Å²) >= 11 is 0. The van der Waals surface area contributed by atoms with Crippen LogP contribution in [0.4, 0.5) is 10.5 Å². The number of nitrogens with one attached hydrogen (secondary N) is 1. The van der Waals surface area contributed by atoms with Crippen molar-refractivity contribution in [2.75, 3.05) is 18.9 Å². The summed E-state index contributed by atoms with van der Waals surface area (Å²) in [5, 5.41) is 2.86. The molecular weight excluding hydrogens is 424 g/mol. The van der Waals surface area contributed by atoms with E-state index in [0.29, 0.717) is 12.1 Å². The minimum absolute atomic E-state index is 0.0129. The number of carbonyl (C=O) groups is 4. The van der Waals surface area contributed by atoms with Crippen molar-refractivity contribution in [2.45, 2.75) is 70.6 Å². The number of nitrogens with two attached hydrogens (primary N) is 1. The molecule has 2 aliphatic heterocycles. The molecule has 9 heteroatoms. The standard InChI is InChI=1S/C24H34N4O5/c1-14(2)11-17(27(6)22(32)33-23(3,4)5)20(30)28-13-24(12-18(28)19(25)29)15-9-7-8-10-16(15)26-21(24)31/h7-10,14,17-18H,11-13H2,1-6H3,(H2,25,29)(H,26,31)/t17-,18-,24-/m0/s1. The second-order valence-corrected chi connectivity index (χ2v) is 10.4. The highest BCUT2D eigenvalue weighted by molar-refractivity contribution is 6.08. The van der Waals surface area contributed by atoms with Crippen LogP contribution >= 0.6 is 0 Å². The lowest BCUT2D eigenvalue weighted by Crippen LogP contribution is -2.54. The number of amides is 4. The number of hydrogen-bond donors (Lipinski definition) is 2. The molecule has 0 aliphatic carbocycles. The lowest BCUT2D eigenvalue weighted by molar-refractivity contribution is -0.142. The van der Waals surface area contributed by atoms with Gasteiger partial charge in [-0.1, -0.05) is 32.0 Å². The lowest BCUT2D eigenvalue weighted by Gasteiger charge is -2.34. The maximum absolute atomic E-state index is 13.8. The fourth-order valence-corrected chi connectivity index (χ4v) is 4.65. The highest BCUT2D eigenvalue weighted by atomic mass is 16.6. The van der Waals surface area contributed by atoms with E-state index in [1.807, 2.05) is 32.0 Å². The number of likely N-dealkylation sites (tertiary alicyclic amines) is 1. The van der Waals surface area contributed by atoms with E-state index in [-0.39, 0.29) is 24.8 Å². The first-order valence-corrected chi connectivity index (χ1v) is 11.2. The fourth-order valence-electron chi connectivity index (χ4n) is 4.65. The van der Waals surface area contributed by atoms with Crippen molar-refractivity contribution in [1.29, 1.82) is 0 Å². The summed E-state index contributed by atoms with van der Waals surface area (Å²) in [7, 11) is 1.52. The summed E-state index contributed by atoms with van der Waals surface area (Å²) in [5.74, 6) is -1.27. The summed E-state index contributed by atoms with van der Waals surface area (Å²) < 4.78 is 5.47. The van der Waals surface area contributed by atoms with Crippen molar-refractivity contribution in [3.8, 4) is 0 Å². The number of likely N-dealkylation sites (N-methyl/N-ethyl adjacent to an activating group) is 1. The Morgan fingerprint density at radius 1 is 1.27 bits per heavy atom. The molecule has 3 atom stereocenters. The van der Waals surface area contributed by atoms with Gasteiger partial charge in [0.15, 0.2) is 0 Å². The number of benzene rings is 1. The lowest BCUT2D eigenvalue weighted by atomic mass is 9.79. The van der Waals surface area contributed by atoms with Gasteiger partial charge >= 0.3 is 6.09 Å². The molecule has 3 N–H and O–H groups in total. The molecule has 33 heavy (non-hydrogen) atoms. The van der Waals surface area contributed by atoms with Crippen LogP contribution in [0, 0.1) is 5.92 Å². The predicted molar refractivity (Wildman–Crippen MR) is 123 cm³/mol. The number of ether oxygens (including phenoxy) is 1. The van der Waals surface area contributed by atoms with E-state index in [1.165, 1.54) is 16.8 Å². The van der Waals surface area contributed by atoms with Gasteiger partial charge in [0.05, 0.1) is 5.41 Å². The molecule has 4 amide bonds. The molecule has 1 saturated heterocycles. The maximum Gasteiger partial charge on any atom is 0.410 e. The van der Waals surface area contributed by atoms with E-state index in [1.54, 1.807) is 26.8 Å². The van der Waals surface area contributed by atoms with Crippen molar-refractivity contribution in [2.24, 2.45) is 11.7 Å². The van der Waals surface area contributed by atoms with Gasteiger partial charge in [0.25, 0.3) is 0 Å².